The van der Waals surface area contributed by atoms with Crippen molar-refractivity contribution >= 4 is 24.2 Å². The molecule has 1 fully saturated rings. The predicted octanol–water partition coefficient (Wildman–Crippen LogP) is 1.17. The summed E-state index contributed by atoms with van der Waals surface area (Å²) in [5, 5.41) is 0. The lowest BCUT2D eigenvalue weighted by Gasteiger charge is -2.32. The summed E-state index contributed by atoms with van der Waals surface area (Å²) in [6, 6.07) is 1.72. The zero-order valence-electron chi connectivity index (χ0n) is 12.0. The smallest absolute Gasteiger partial charge is 0.399 e. The molecule has 0 atom stereocenters. The molecule has 19 heavy (non-hydrogen) atoms. The lowest BCUT2D eigenvalue weighted by atomic mass is 9.75. The Hall–Kier alpha value is -1.40. The third kappa shape index (κ3) is 2.26. The van der Waals surface area contributed by atoms with Gasteiger partial charge < -0.3 is 15.0 Å². The number of carbonyl (C=O) groups is 1. The van der Waals surface area contributed by atoms with Gasteiger partial charge in [0.2, 0.25) is 0 Å². The van der Waals surface area contributed by atoms with Crippen LogP contribution in [0.1, 0.15) is 45.0 Å². The molecular weight excluding hydrogens is 243 g/mol. The van der Waals surface area contributed by atoms with E-state index in [2.05, 4.69) is 4.98 Å². The summed E-state index contributed by atoms with van der Waals surface area (Å²) in [6.45, 7) is 9.31. The van der Waals surface area contributed by atoms with Crippen molar-refractivity contribution in [1.82, 2.24) is 4.98 Å². The van der Waals surface area contributed by atoms with Crippen LogP contribution in [0.25, 0.3) is 0 Å². The molecule has 1 aliphatic rings. The van der Waals surface area contributed by atoms with E-state index in [0.717, 1.165) is 0 Å². The highest BCUT2D eigenvalue weighted by atomic mass is 16.7. The number of Topliss-reactive ketones (excluding diaryl/α,β-unsaturated/α-hetero) is 1. The number of rotatable bonds is 2. The van der Waals surface area contributed by atoms with Crippen LogP contribution in [0.5, 0.6) is 0 Å². The molecule has 1 saturated heterocycles. The molecule has 0 unspecified atom stereocenters. The molecule has 2 N–H and O–H groups in total. The first-order valence-electron chi connectivity index (χ1n) is 6.26. The minimum Gasteiger partial charge on any atom is -0.399 e. The molecule has 6 heteroatoms. The van der Waals surface area contributed by atoms with E-state index in [1.165, 1.54) is 6.92 Å². The summed E-state index contributed by atoms with van der Waals surface area (Å²) in [5.41, 5.74) is 5.89. The van der Waals surface area contributed by atoms with Gasteiger partial charge in [0.1, 0.15) is 5.82 Å². The molecule has 1 aromatic heterocycles. The fourth-order valence-electron chi connectivity index (χ4n) is 2.04. The Morgan fingerprint density at radius 3 is 2.26 bits per heavy atom. The molecular formula is C13H19BN2O3. The Morgan fingerprint density at radius 2 is 1.79 bits per heavy atom. The van der Waals surface area contributed by atoms with Crippen LogP contribution in [-0.4, -0.2) is 29.1 Å². The zero-order chi connectivity index (χ0) is 14.4. The molecule has 2 rings (SSSR count). The lowest BCUT2D eigenvalue weighted by Crippen LogP contribution is -2.41. The fraction of sp³-hybridized carbons (Fsp3) is 0.538. The van der Waals surface area contributed by atoms with Crippen molar-refractivity contribution in [1.29, 1.82) is 0 Å². The van der Waals surface area contributed by atoms with E-state index < -0.39 is 18.3 Å². The first-order chi connectivity index (χ1) is 8.66. The number of hydrogen-bond donors (Lipinski definition) is 1. The monoisotopic (exact) mass is 262 g/mol. The highest BCUT2D eigenvalue weighted by Gasteiger charge is 2.52. The van der Waals surface area contributed by atoms with Crippen LogP contribution in [0, 0.1) is 0 Å². The molecule has 0 amide bonds. The topological polar surface area (TPSA) is 74.4 Å². The van der Waals surface area contributed by atoms with Crippen molar-refractivity contribution in [2.45, 2.75) is 45.8 Å². The van der Waals surface area contributed by atoms with Crippen LogP contribution in [0.3, 0.4) is 0 Å². The molecule has 0 aliphatic carbocycles. The third-order valence-corrected chi connectivity index (χ3v) is 3.87. The predicted molar refractivity (Wildman–Crippen MR) is 74.4 cm³/mol. The SMILES string of the molecule is CC(=O)c1c(B2OC(C)(C)C(C)(C)O2)ccnc1N. The van der Waals surface area contributed by atoms with E-state index in [0.29, 0.717) is 11.0 Å². The van der Waals surface area contributed by atoms with Gasteiger partial charge in [-0.3, -0.25) is 4.79 Å². The second-order valence-corrected chi connectivity index (χ2v) is 5.80. The van der Waals surface area contributed by atoms with Crippen LogP contribution in [0.4, 0.5) is 5.82 Å². The summed E-state index contributed by atoms with van der Waals surface area (Å²) >= 11 is 0. The standard InChI is InChI=1S/C13H19BN2O3/c1-8(17)10-9(6-7-16-11(10)15)14-18-12(2,3)13(4,5)19-14/h6-7H,1-5H3,(H2,15,16). The molecule has 5 nitrogen and oxygen atoms in total. The third-order valence-electron chi connectivity index (χ3n) is 3.87. The summed E-state index contributed by atoms with van der Waals surface area (Å²) in [7, 11) is -0.603. The van der Waals surface area contributed by atoms with Gasteiger partial charge in [-0.25, -0.2) is 4.98 Å². The summed E-state index contributed by atoms with van der Waals surface area (Å²) in [4.78, 5) is 15.7. The number of hydrogen-bond acceptors (Lipinski definition) is 5. The maximum Gasteiger partial charge on any atom is 0.495 e. The number of nitrogens with zero attached hydrogens (tertiary/aromatic N) is 1. The summed E-state index contributed by atoms with van der Waals surface area (Å²) < 4.78 is 11.9. The minimum atomic E-state index is -0.603. The number of ketones is 1. The largest absolute Gasteiger partial charge is 0.495 e. The van der Waals surface area contributed by atoms with Crippen molar-refractivity contribution in [3.8, 4) is 0 Å². The average molecular weight is 262 g/mol. The van der Waals surface area contributed by atoms with E-state index in [-0.39, 0.29) is 11.6 Å². The highest BCUT2D eigenvalue weighted by molar-refractivity contribution is 6.64. The van der Waals surface area contributed by atoms with Gasteiger partial charge in [0, 0.05) is 6.20 Å². The van der Waals surface area contributed by atoms with Crippen LogP contribution in [-0.2, 0) is 9.31 Å². The second-order valence-electron chi connectivity index (χ2n) is 5.80. The fourth-order valence-corrected chi connectivity index (χ4v) is 2.04. The molecule has 0 saturated carbocycles. The van der Waals surface area contributed by atoms with E-state index in [9.17, 15) is 4.79 Å². The first kappa shape index (κ1) is 14.0. The maximum atomic E-state index is 11.7. The number of pyridine rings is 1. The molecule has 0 aromatic carbocycles. The van der Waals surface area contributed by atoms with Crippen molar-refractivity contribution < 1.29 is 14.1 Å². The van der Waals surface area contributed by atoms with Gasteiger partial charge in [0.05, 0.1) is 16.8 Å². The van der Waals surface area contributed by atoms with E-state index in [1.54, 1.807) is 12.3 Å². The molecule has 1 aromatic rings. The van der Waals surface area contributed by atoms with Crippen LogP contribution in [0.2, 0.25) is 0 Å². The quantitative estimate of drug-likeness (QED) is 0.639. The van der Waals surface area contributed by atoms with Gasteiger partial charge in [0.25, 0.3) is 0 Å². The first-order valence-corrected chi connectivity index (χ1v) is 6.26. The van der Waals surface area contributed by atoms with Crippen molar-refractivity contribution in [2.75, 3.05) is 5.73 Å². The van der Waals surface area contributed by atoms with Gasteiger partial charge in [-0.05, 0) is 46.1 Å². The maximum absolute atomic E-state index is 11.7. The van der Waals surface area contributed by atoms with Crippen molar-refractivity contribution in [3.63, 3.8) is 0 Å². The Labute approximate surface area is 113 Å². The Bertz CT molecular complexity index is 513. The van der Waals surface area contributed by atoms with Crippen LogP contribution >= 0.6 is 0 Å². The second kappa shape index (κ2) is 4.32. The van der Waals surface area contributed by atoms with Gasteiger partial charge in [-0.15, -0.1) is 0 Å². The van der Waals surface area contributed by atoms with E-state index in [4.69, 9.17) is 15.0 Å². The van der Waals surface area contributed by atoms with Crippen LogP contribution in [0.15, 0.2) is 12.3 Å². The summed E-state index contributed by atoms with van der Waals surface area (Å²) in [6.07, 6.45) is 1.56. The molecule has 102 valence electrons. The number of nitrogens with two attached hydrogens (primary N) is 1. The highest BCUT2D eigenvalue weighted by Crippen LogP contribution is 2.36. The number of nitrogen functional groups attached to an aromatic ring is 1. The molecule has 0 bridgehead atoms. The summed E-state index contributed by atoms with van der Waals surface area (Å²) in [5.74, 6) is 0.0648. The molecule has 0 radical (unpaired) electrons. The number of anilines is 1. The Morgan fingerprint density at radius 1 is 1.26 bits per heavy atom. The average Bonchev–Trinajstić information content (AvgIpc) is 2.47. The molecule has 0 spiro atoms. The van der Waals surface area contributed by atoms with E-state index >= 15 is 0 Å². The normalized spacial score (nSPS) is 20.6. The minimum absolute atomic E-state index is 0.143. The molecule has 2 heterocycles. The van der Waals surface area contributed by atoms with Gasteiger partial charge in [-0.2, -0.15) is 0 Å². The van der Waals surface area contributed by atoms with E-state index in [1.807, 2.05) is 27.7 Å². The van der Waals surface area contributed by atoms with Gasteiger partial charge in [0.15, 0.2) is 5.78 Å². The van der Waals surface area contributed by atoms with Crippen LogP contribution < -0.4 is 11.2 Å². The van der Waals surface area contributed by atoms with Crippen molar-refractivity contribution in [2.24, 2.45) is 0 Å². The Kier molecular flexibility index (Phi) is 3.19. The Balaban J connectivity index is 2.46. The number of aromatic nitrogens is 1. The zero-order valence-corrected chi connectivity index (χ0v) is 12.0. The van der Waals surface area contributed by atoms with Crippen molar-refractivity contribution in [3.05, 3.63) is 17.8 Å². The van der Waals surface area contributed by atoms with Gasteiger partial charge >= 0.3 is 7.12 Å². The molecule has 1 aliphatic heterocycles. The number of carbonyl (C=O) groups excluding carboxylic acids is 1. The lowest BCUT2D eigenvalue weighted by molar-refractivity contribution is 0.00578. The van der Waals surface area contributed by atoms with Gasteiger partial charge in [-0.1, -0.05) is 0 Å².